The number of fused-ring (bicyclic) bond motifs is 1. The molecule has 0 saturated carbocycles. The summed E-state index contributed by atoms with van der Waals surface area (Å²) in [5.74, 6) is -8.48. The van der Waals surface area contributed by atoms with Crippen molar-refractivity contribution in [2.24, 2.45) is 10.7 Å². The van der Waals surface area contributed by atoms with Gasteiger partial charge in [-0.05, 0) is 18.2 Å². The number of aliphatic imine (C=N–C) groups is 1. The summed E-state index contributed by atoms with van der Waals surface area (Å²) in [6.45, 7) is -2.39. The number of hydrogen-bond donors (Lipinski definition) is 2. The van der Waals surface area contributed by atoms with Crippen LogP contribution in [0.3, 0.4) is 0 Å². The van der Waals surface area contributed by atoms with Gasteiger partial charge in [-0.2, -0.15) is 8.78 Å². The van der Waals surface area contributed by atoms with Gasteiger partial charge >= 0.3 is 12.3 Å². The summed E-state index contributed by atoms with van der Waals surface area (Å²) >= 11 is 0.955. The Morgan fingerprint density at radius 1 is 1.24 bits per heavy atom. The van der Waals surface area contributed by atoms with Gasteiger partial charge < -0.3 is 20.5 Å². The van der Waals surface area contributed by atoms with Crippen LogP contribution in [0.25, 0.3) is 0 Å². The fourth-order valence-corrected chi connectivity index (χ4v) is 4.63. The number of thioether (sulfide) groups is 1. The first-order valence-electron chi connectivity index (χ1n) is 10.2. The maximum absolute atomic E-state index is 15.7. The summed E-state index contributed by atoms with van der Waals surface area (Å²) in [7, 11) is 0. The van der Waals surface area contributed by atoms with Crippen LogP contribution >= 0.6 is 24.2 Å². The van der Waals surface area contributed by atoms with Crippen LogP contribution < -0.4 is 15.8 Å². The molecule has 0 spiro atoms. The Bertz CT molecular complexity index is 1220. The van der Waals surface area contributed by atoms with Crippen LogP contribution in [0.15, 0.2) is 35.5 Å². The van der Waals surface area contributed by atoms with Gasteiger partial charge in [-0.15, -0.1) is 12.4 Å². The number of hydrogen-bond acceptors (Lipinski definition) is 7. The first-order chi connectivity index (χ1) is 16.9. The van der Waals surface area contributed by atoms with Crippen molar-refractivity contribution >= 4 is 40.9 Å². The molecule has 1 aromatic carbocycles. The minimum Gasteiger partial charge on any atom is -0.485 e. The third-order valence-corrected chi connectivity index (χ3v) is 6.57. The van der Waals surface area contributed by atoms with E-state index in [1.165, 1.54) is 0 Å². The number of anilines is 1. The van der Waals surface area contributed by atoms with Gasteiger partial charge in [-0.3, -0.25) is 4.79 Å². The molecule has 2 unspecified atom stereocenters. The fourth-order valence-electron chi connectivity index (χ4n) is 3.71. The number of halogens is 8. The number of pyridine rings is 1. The van der Waals surface area contributed by atoms with E-state index in [-0.39, 0.29) is 47.8 Å². The van der Waals surface area contributed by atoms with Crippen LogP contribution in [0.4, 0.5) is 36.4 Å². The van der Waals surface area contributed by atoms with Crippen molar-refractivity contribution in [3.8, 4) is 5.75 Å². The number of amidine groups is 1. The van der Waals surface area contributed by atoms with Gasteiger partial charge in [0.1, 0.15) is 11.6 Å². The molecule has 7 nitrogen and oxygen atoms in total. The first-order valence-corrected chi connectivity index (χ1v) is 11.2. The molecule has 1 saturated heterocycles. The van der Waals surface area contributed by atoms with Crippen LogP contribution in [0.1, 0.15) is 16.1 Å². The van der Waals surface area contributed by atoms with Gasteiger partial charge in [0, 0.05) is 23.1 Å². The monoisotopic (exact) mass is 574 g/mol. The number of aromatic nitrogens is 1. The van der Waals surface area contributed by atoms with E-state index in [4.69, 9.17) is 10.5 Å². The lowest BCUT2D eigenvalue weighted by Gasteiger charge is -2.38. The molecule has 2 aliphatic heterocycles. The highest BCUT2D eigenvalue weighted by atomic mass is 35.5. The molecule has 2 aliphatic rings. The maximum Gasteiger partial charge on any atom is 0.340 e. The van der Waals surface area contributed by atoms with E-state index in [9.17, 15) is 31.1 Å². The predicted octanol–water partition coefficient (Wildman–Crippen LogP) is 4.31. The molecular weight excluding hydrogens is 557 g/mol. The lowest BCUT2D eigenvalue weighted by molar-refractivity contribution is -0.148. The number of benzene rings is 1. The summed E-state index contributed by atoms with van der Waals surface area (Å²) < 4.78 is 105. The zero-order valence-corrected chi connectivity index (χ0v) is 20.1. The van der Waals surface area contributed by atoms with Crippen LogP contribution in [0.2, 0.25) is 0 Å². The van der Waals surface area contributed by atoms with E-state index >= 15 is 4.39 Å². The van der Waals surface area contributed by atoms with Gasteiger partial charge in [0.2, 0.25) is 0 Å². The molecule has 0 aliphatic carbocycles. The van der Waals surface area contributed by atoms with Gasteiger partial charge in [-0.1, -0.05) is 11.8 Å². The van der Waals surface area contributed by atoms with E-state index in [0.717, 1.165) is 30.0 Å². The number of nitrogens with two attached hydrogens (primary N) is 1. The molecule has 0 radical (unpaired) electrons. The van der Waals surface area contributed by atoms with Crippen molar-refractivity contribution < 1.29 is 45.0 Å². The summed E-state index contributed by atoms with van der Waals surface area (Å²) in [6.07, 6.45) is -3.30. The molecule has 3 heterocycles. The Balaban J connectivity index is 0.00000380. The van der Waals surface area contributed by atoms with Gasteiger partial charge in [0.05, 0.1) is 19.4 Å². The number of carbonyl (C=O) groups excluding carboxylic acids is 1. The highest BCUT2D eigenvalue weighted by Crippen LogP contribution is 2.50. The Morgan fingerprint density at radius 2 is 1.97 bits per heavy atom. The SMILES string of the molecule is Cl.NC1=NC2(c3cc(NC(=O)c4ncc(OCC(F)(F)C(F)F)cc4F)ccc3F)COCC2(F)CS1. The Labute approximate surface area is 215 Å². The van der Waals surface area contributed by atoms with Crippen LogP contribution in [-0.2, 0) is 10.3 Å². The Hall–Kier alpha value is -2.78. The number of rotatable bonds is 7. The van der Waals surface area contributed by atoms with Gasteiger partial charge in [0.25, 0.3) is 5.91 Å². The average Bonchev–Trinajstić information content (AvgIpc) is 3.16. The van der Waals surface area contributed by atoms with Crippen molar-refractivity contribution in [2.75, 3.05) is 30.9 Å². The normalized spacial score (nSPS) is 23.2. The number of ether oxygens (including phenoxy) is 2. The molecule has 1 aromatic heterocycles. The molecule has 0 bridgehead atoms. The molecule has 1 fully saturated rings. The standard InChI is InChI=1S/C21H17F7N4O3S.ClH/c22-13-2-1-10(3-12(13)20-7-34-6-19(20,26)9-36-18(29)32-20)31-16(33)15-14(23)4-11(5-30-15)35-8-21(27,28)17(24)25;/h1-5,17H,6-9H2,(H2,29,32)(H,31,33);1H. The lowest BCUT2D eigenvalue weighted by atomic mass is 9.79. The average molecular weight is 575 g/mol. The highest BCUT2D eigenvalue weighted by Gasteiger charge is 2.61. The highest BCUT2D eigenvalue weighted by molar-refractivity contribution is 8.13. The number of nitrogens with one attached hydrogen (secondary N) is 1. The van der Waals surface area contributed by atoms with E-state index in [2.05, 4.69) is 20.0 Å². The molecule has 3 N–H and O–H groups in total. The first kappa shape index (κ1) is 28.8. The Morgan fingerprint density at radius 3 is 2.65 bits per heavy atom. The molecule has 1 amide bonds. The summed E-state index contributed by atoms with van der Waals surface area (Å²) in [5, 5.41) is 2.31. The molecule has 2 aromatic rings. The second-order valence-corrected chi connectivity index (χ2v) is 9.05. The van der Waals surface area contributed by atoms with Crippen molar-refractivity contribution in [1.29, 1.82) is 0 Å². The van der Waals surface area contributed by atoms with Gasteiger partial charge in [-0.25, -0.2) is 31.9 Å². The van der Waals surface area contributed by atoms with Crippen LogP contribution in [0.5, 0.6) is 5.75 Å². The van der Waals surface area contributed by atoms with E-state index in [1.54, 1.807) is 0 Å². The largest absolute Gasteiger partial charge is 0.485 e. The Kier molecular flexibility index (Phi) is 8.19. The van der Waals surface area contributed by atoms with E-state index in [0.29, 0.717) is 12.3 Å². The van der Waals surface area contributed by atoms with E-state index in [1.807, 2.05) is 0 Å². The minimum absolute atomic E-state index is 0. The fraction of sp³-hybridized carbons (Fsp3) is 0.381. The number of amides is 1. The zero-order chi connectivity index (χ0) is 26.3. The minimum atomic E-state index is -4.47. The maximum atomic E-state index is 15.7. The molecule has 4 rings (SSSR count). The van der Waals surface area contributed by atoms with Crippen LogP contribution in [0, 0.1) is 11.6 Å². The topological polar surface area (TPSA) is 98.8 Å². The summed E-state index contributed by atoms with van der Waals surface area (Å²) in [4.78, 5) is 20.2. The quantitative estimate of drug-likeness (QED) is 0.478. The third kappa shape index (κ3) is 5.43. The predicted molar refractivity (Wildman–Crippen MR) is 123 cm³/mol. The molecular formula is C21H18ClF7N4O3S. The van der Waals surface area contributed by atoms with Gasteiger partial charge in [0.15, 0.2) is 34.5 Å². The van der Waals surface area contributed by atoms with Crippen molar-refractivity contribution in [1.82, 2.24) is 4.98 Å². The number of alkyl halides is 5. The molecule has 2 atom stereocenters. The zero-order valence-electron chi connectivity index (χ0n) is 18.5. The lowest BCUT2D eigenvalue weighted by Crippen LogP contribution is -2.52. The van der Waals surface area contributed by atoms with Crippen LogP contribution in [-0.4, -0.2) is 59.6 Å². The second-order valence-electron chi connectivity index (χ2n) is 8.06. The van der Waals surface area contributed by atoms with Crippen molar-refractivity contribution in [3.63, 3.8) is 0 Å². The second kappa shape index (κ2) is 10.5. The third-order valence-electron chi connectivity index (χ3n) is 5.58. The van der Waals surface area contributed by atoms with Crippen molar-refractivity contribution in [2.45, 2.75) is 23.6 Å². The smallest absolute Gasteiger partial charge is 0.340 e. The molecule has 37 heavy (non-hydrogen) atoms. The molecule has 202 valence electrons. The van der Waals surface area contributed by atoms with E-state index < -0.39 is 59.1 Å². The summed E-state index contributed by atoms with van der Waals surface area (Å²) in [5.41, 5.74) is 0.796. The number of nitrogens with zero attached hydrogens (tertiary/aromatic N) is 2. The van der Waals surface area contributed by atoms with Crippen molar-refractivity contribution in [3.05, 3.63) is 53.4 Å². The number of carbonyl (C=O) groups is 1. The molecule has 16 heteroatoms. The summed E-state index contributed by atoms with van der Waals surface area (Å²) in [6, 6.07) is 3.72.